The molecule has 4 heteroatoms. The van der Waals surface area contributed by atoms with Gasteiger partial charge in [0.1, 0.15) is 5.75 Å². The van der Waals surface area contributed by atoms with Crippen LogP contribution in [0.3, 0.4) is 0 Å². The van der Waals surface area contributed by atoms with Gasteiger partial charge in [-0.15, -0.1) is 0 Å². The van der Waals surface area contributed by atoms with Crippen molar-refractivity contribution in [2.45, 2.75) is 12.6 Å². The van der Waals surface area contributed by atoms with Crippen molar-refractivity contribution in [1.29, 1.82) is 0 Å². The molecule has 0 spiro atoms. The molecule has 1 N–H and O–H groups in total. The molecule has 1 nitrogen and oxygen atoms in total. The van der Waals surface area contributed by atoms with Crippen LogP contribution in [0.5, 0.6) is 5.75 Å². The normalized spacial score (nSPS) is 13.3. The lowest BCUT2D eigenvalue weighted by Gasteiger charge is -2.12. The molecule has 2 aromatic carbocycles. The fourth-order valence-electron chi connectivity index (χ4n) is 2.42. The van der Waals surface area contributed by atoms with Crippen molar-refractivity contribution in [3.63, 3.8) is 0 Å². The van der Waals surface area contributed by atoms with Gasteiger partial charge < -0.3 is 5.11 Å². The van der Waals surface area contributed by atoms with Gasteiger partial charge in [0.05, 0.1) is 5.56 Å². The van der Waals surface area contributed by atoms with E-state index in [1.807, 2.05) is 24.3 Å². The SMILES string of the molecule is Oc1c(C(F)(F)F)ccc2c1Cc1ccccc1-2. The van der Waals surface area contributed by atoms with E-state index in [9.17, 15) is 18.3 Å². The number of phenolic OH excluding ortho intramolecular Hbond substituents is 1. The Kier molecular flexibility index (Phi) is 2.17. The number of alkyl halides is 3. The summed E-state index contributed by atoms with van der Waals surface area (Å²) in [5.41, 5.74) is 1.94. The van der Waals surface area contributed by atoms with Crippen LogP contribution in [0.25, 0.3) is 11.1 Å². The second-order valence-electron chi connectivity index (χ2n) is 4.32. The second kappa shape index (κ2) is 3.51. The molecule has 0 radical (unpaired) electrons. The highest BCUT2D eigenvalue weighted by molar-refractivity contribution is 5.79. The Hall–Kier alpha value is -1.97. The zero-order chi connectivity index (χ0) is 12.9. The molecule has 0 unspecified atom stereocenters. The van der Waals surface area contributed by atoms with Crippen LogP contribution in [-0.2, 0) is 12.6 Å². The third kappa shape index (κ3) is 1.49. The zero-order valence-corrected chi connectivity index (χ0v) is 9.25. The third-order valence-corrected chi connectivity index (χ3v) is 3.26. The maximum Gasteiger partial charge on any atom is 0.419 e. The minimum Gasteiger partial charge on any atom is -0.507 e. The van der Waals surface area contributed by atoms with E-state index in [-0.39, 0.29) is 0 Å². The van der Waals surface area contributed by atoms with Gasteiger partial charge in [-0.3, -0.25) is 0 Å². The number of hydrogen-bond donors (Lipinski definition) is 1. The Bertz CT molecular complexity index is 629. The summed E-state index contributed by atoms with van der Waals surface area (Å²) < 4.78 is 38.1. The first-order valence-corrected chi connectivity index (χ1v) is 5.49. The lowest BCUT2D eigenvalue weighted by molar-refractivity contribution is -0.138. The van der Waals surface area contributed by atoms with Crippen molar-refractivity contribution in [2.75, 3.05) is 0 Å². The van der Waals surface area contributed by atoms with Crippen LogP contribution in [-0.4, -0.2) is 5.11 Å². The highest BCUT2D eigenvalue weighted by Gasteiger charge is 2.36. The average molecular weight is 250 g/mol. The molecule has 2 aromatic rings. The van der Waals surface area contributed by atoms with E-state index in [0.29, 0.717) is 17.5 Å². The standard InChI is InChI=1S/C14H9F3O/c15-14(16,17)12-6-5-10-9-4-2-1-3-8(9)7-11(10)13(12)18/h1-6,18H,7H2. The highest BCUT2D eigenvalue weighted by atomic mass is 19.4. The molecule has 0 aliphatic heterocycles. The summed E-state index contributed by atoms with van der Waals surface area (Å²) in [6.07, 6.45) is -4.17. The molecule has 0 heterocycles. The topological polar surface area (TPSA) is 20.2 Å². The maximum absolute atomic E-state index is 12.7. The fourth-order valence-corrected chi connectivity index (χ4v) is 2.42. The van der Waals surface area contributed by atoms with Crippen LogP contribution in [0.1, 0.15) is 16.7 Å². The summed E-state index contributed by atoms with van der Waals surface area (Å²) in [6.45, 7) is 0. The van der Waals surface area contributed by atoms with Crippen LogP contribution >= 0.6 is 0 Å². The lowest BCUT2D eigenvalue weighted by atomic mass is 10.0. The molecule has 0 fully saturated rings. The number of halogens is 3. The largest absolute Gasteiger partial charge is 0.507 e. The molecule has 3 rings (SSSR count). The Morgan fingerprint density at radius 3 is 2.39 bits per heavy atom. The molecule has 0 atom stereocenters. The monoisotopic (exact) mass is 250 g/mol. The number of aromatic hydroxyl groups is 1. The van der Waals surface area contributed by atoms with E-state index < -0.39 is 17.5 Å². The van der Waals surface area contributed by atoms with Gasteiger partial charge >= 0.3 is 6.18 Å². The minimum absolute atomic E-state index is 0.348. The zero-order valence-electron chi connectivity index (χ0n) is 9.25. The van der Waals surface area contributed by atoms with Crippen molar-refractivity contribution in [3.8, 4) is 16.9 Å². The molecule has 0 aromatic heterocycles. The van der Waals surface area contributed by atoms with Gasteiger partial charge in [-0.1, -0.05) is 30.3 Å². The third-order valence-electron chi connectivity index (χ3n) is 3.26. The predicted octanol–water partition coefficient (Wildman–Crippen LogP) is 3.98. The van der Waals surface area contributed by atoms with Crippen molar-refractivity contribution < 1.29 is 18.3 Å². The summed E-state index contributed by atoms with van der Waals surface area (Å²) in [7, 11) is 0. The van der Waals surface area contributed by atoms with Gasteiger partial charge in [0.2, 0.25) is 0 Å². The fraction of sp³-hybridized carbons (Fsp3) is 0.143. The van der Waals surface area contributed by atoms with Crippen molar-refractivity contribution in [3.05, 3.63) is 53.1 Å². The van der Waals surface area contributed by atoms with Crippen molar-refractivity contribution >= 4 is 0 Å². The van der Waals surface area contributed by atoms with Gasteiger partial charge in [-0.05, 0) is 22.8 Å². The molecule has 18 heavy (non-hydrogen) atoms. The van der Waals surface area contributed by atoms with Crippen LogP contribution < -0.4 is 0 Å². The van der Waals surface area contributed by atoms with Crippen LogP contribution in [0, 0.1) is 0 Å². The molecule has 0 bridgehead atoms. The summed E-state index contributed by atoms with van der Waals surface area (Å²) in [5.74, 6) is -0.642. The van der Waals surface area contributed by atoms with Crippen molar-refractivity contribution in [1.82, 2.24) is 0 Å². The van der Waals surface area contributed by atoms with E-state index in [0.717, 1.165) is 17.2 Å². The van der Waals surface area contributed by atoms with Gasteiger partial charge in [0.25, 0.3) is 0 Å². The second-order valence-corrected chi connectivity index (χ2v) is 4.32. The highest BCUT2D eigenvalue weighted by Crippen LogP contribution is 2.46. The Balaban J connectivity index is 2.22. The Morgan fingerprint density at radius 1 is 0.944 bits per heavy atom. The molecule has 1 aliphatic carbocycles. The van der Waals surface area contributed by atoms with Crippen molar-refractivity contribution in [2.24, 2.45) is 0 Å². The molecule has 0 saturated heterocycles. The first-order chi connectivity index (χ1) is 8.48. The first-order valence-electron chi connectivity index (χ1n) is 5.49. The molecular formula is C14H9F3O. The summed E-state index contributed by atoms with van der Waals surface area (Å²) in [4.78, 5) is 0. The quantitative estimate of drug-likeness (QED) is 0.639. The van der Waals surface area contributed by atoms with E-state index >= 15 is 0 Å². The first kappa shape index (κ1) is 11.1. The smallest absolute Gasteiger partial charge is 0.419 e. The van der Waals surface area contributed by atoms with Crippen LogP contribution in [0.4, 0.5) is 13.2 Å². The number of hydrogen-bond acceptors (Lipinski definition) is 1. The number of phenols is 1. The molecule has 0 saturated carbocycles. The summed E-state index contributed by atoms with van der Waals surface area (Å²) in [5, 5.41) is 9.80. The Morgan fingerprint density at radius 2 is 1.67 bits per heavy atom. The minimum atomic E-state index is -4.52. The molecule has 92 valence electrons. The number of fused-ring (bicyclic) bond motifs is 3. The lowest BCUT2D eigenvalue weighted by Crippen LogP contribution is -2.06. The van der Waals surface area contributed by atoms with Gasteiger partial charge in [0, 0.05) is 12.0 Å². The van der Waals surface area contributed by atoms with E-state index in [2.05, 4.69) is 0 Å². The molecule has 0 amide bonds. The van der Waals surface area contributed by atoms with E-state index in [1.165, 1.54) is 6.07 Å². The van der Waals surface area contributed by atoms with Gasteiger partial charge in [0.15, 0.2) is 0 Å². The Labute approximate surface area is 102 Å². The maximum atomic E-state index is 12.7. The molecule has 1 aliphatic rings. The van der Waals surface area contributed by atoms with Crippen LogP contribution in [0.2, 0.25) is 0 Å². The molecular weight excluding hydrogens is 241 g/mol. The number of benzene rings is 2. The number of rotatable bonds is 0. The average Bonchev–Trinajstić information content (AvgIpc) is 2.68. The predicted molar refractivity (Wildman–Crippen MR) is 61.4 cm³/mol. The summed E-state index contributed by atoms with van der Waals surface area (Å²) >= 11 is 0. The van der Waals surface area contributed by atoms with Gasteiger partial charge in [-0.2, -0.15) is 13.2 Å². The van der Waals surface area contributed by atoms with E-state index in [4.69, 9.17) is 0 Å². The van der Waals surface area contributed by atoms with Crippen LogP contribution in [0.15, 0.2) is 36.4 Å². The van der Waals surface area contributed by atoms with Gasteiger partial charge in [-0.25, -0.2) is 0 Å². The van der Waals surface area contributed by atoms with E-state index in [1.54, 1.807) is 0 Å². The summed E-state index contributed by atoms with van der Waals surface area (Å²) in [6, 6.07) is 9.77.